The SMILES string of the molecule is COc1ccc(S(=O)(=O)NCCOc2cc(C)ccc2C)c(Cl)c1Cl. The van der Waals surface area contributed by atoms with Crippen LogP contribution in [0, 0.1) is 13.8 Å². The van der Waals surface area contributed by atoms with Gasteiger partial charge in [0.25, 0.3) is 0 Å². The highest BCUT2D eigenvalue weighted by molar-refractivity contribution is 7.89. The van der Waals surface area contributed by atoms with Crippen molar-refractivity contribution in [1.82, 2.24) is 4.72 Å². The number of methoxy groups -OCH3 is 1. The zero-order chi connectivity index (χ0) is 18.6. The minimum Gasteiger partial charge on any atom is -0.495 e. The molecule has 2 aromatic carbocycles. The third-order valence-electron chi connectivity index (χ3n) is 3.52. The van der Waals surface area contributed by atoms with Crippen molar-refractivity contribution in [3.8, 4) is 11.5 Å². The quantitative estimate of drug-likeness (QED) is 0.710. The van der Waals surface area contributed by atoms with E-state index in [0.717, 1.165) is 16.9 Å². The lowest BCUT2D eigenvalue weighted by atomic mass is 10.1. The Hall–Kier alpha value is -1.47. The fraction of sp³-hybridized carbons (Fsp3) is 0.294. The Bertz CT molecular complexity index is 869. The van der Waals surface area contributed by atoms with Crippen LogP contribution >= 0.6 is 23.2 Å². The molecule has 0 heterocycles. The van der Waals surface area contributed by atoms with Crippen LogP contribution in [0.1, 0.15) is 11.1 Å². The average Bonchev–Trinajstić information content (AvgIpc) is 2.56. The summed E-state index contributed by atoms with van der Waals surface area (Å²) < 4.78 is 37.9. The smallest absolute Gasteiger partial charge is 0.242 e. The van der Waals surface area contributed by atoms with Crippen molar-refractivity contribution in [3.05, 3.63) is 51.5 Å². The summed E-state index contributed by atoms with van der Waals surface area (Å²) in [5, 5.41) is -0.0253. The number of halogens is 2. The van der Waals surface area contributed by atoms with E-state index < -0.39 is 10.0 Å². The summed E-state index contributed by atoms with van der Waals surface area (Å²) in [5.74, 6) is 1.04. The number of nitrogens with one attached hydrogen (secondary N) is 1. The molecule has 136 valence electrons. The van der Waals surface area contributed by atoms with E-state index in [0.29, 0.717) is 5.75 Å². The molecule has 8 heteroatoms. The van der Waals surface area contributed by atoms with Gasteiger partial charge in [0.1, 0.15) is 28.0 Å². The Morgan fingerprint density at radius 3 is 2.44 bits per heavy atom. The molecule has 2 rings (SSSR count). The van der Waals surface area contributed by atoms with Gasteiger partial charge in [-0.05, 0) is 43.2 Å². The number of ether oxygens (including phenoxy) is 2. The van der Waals surface area contributed by atoms with Gasteiger partial charge in [0.2, 0.25) is 10.0 Å². The van der Waals surface area contributed by atoms with Crippen LogP contribution in [-0.2, 0) is 10.0 Å². The molecule has 0 aromatic heterocycles. The molecule has 5 nitrogen and oxygen atoms in total. The number of benzene rings is 2. The highest BCUT2D eigenvalue weighted by atomic mass is 35.5. The fourth-order valence-electron chi connectivity index (χ4n) is 2.16. The van der Waals surface area contributed by atoms with Crippen LogP contribution in [-0.4, -0.2) is 28.7 Å². The largest absolute Gasteiger partial charge is 0.495 e. The molecule has 0 aliphatic carbocycles. The highest BCUT2D eigenvalue weighted by Gasteiger charge is 2.21. The van der Waals surface area contributed by atoms with Gasteiger partial charge in [-0.15, -0.1) is 0 Å². The highest BCUT2D eigenvalue weighted by Crippen LogP contribution is 2.36. The first-order valence-electron chi connectivity index (χ1n) is 7.48. The number of sulfonamides is 1. The van der Waals surface area contributed by atoms with Gasteiger partial charge >= 0.3 is 0 Å². The van der Waals surface area contributed by atoms with Crippen LogP contribution in [0.15, 0.2) is 35.2 Å². The molecule has 0 saturated heterocycles. The van der Waals surface area contributed by atoms with Gasteiger partial charge in [0, 0.05) is 6.54 Å². The molecule has 0 atom stereocenters. The van der Waals surface area contributed by atoms with E-state index >= 15 is 0 Å². The van der Waals surface area contributed by atoms with E-state index in [1.165, 1.54) is 19.2 Å². The maximum atomic E-state index is 12.4. The first-order chi connectivity index (χ1) is 11.8. The molecule has 0 spiro atoms. The van der Waals surface area contributed by atoms with Gasteiger partial charge in [-0.2, -0.15) is 0 Å². The predicted octanol–water partition coefficient (Wildman–Crippen LogP) is 3.98. The molecule has 0 unspecified atom stereocenters. The molecule has 0 amide bonds. The third-order valence-corrected chi connectivity index (χ3v) is 6.00. The van der Waals surface area contributed by atoms with Crippen molar-refractivity contribution in [2.24, 2.45) is 0 Å². The van der Waals surface area contributed by atoms with Crippen LogP contribution in [0.5, 0.6) is 11.5 Å². The number of rotatable bonds is 7. The molecule has 0 aliphatic heterocycles. The van der Waals surface area contributed by atoms with E-state index in [2.05, 4.69) is 4.72 Å². The lowest BCUT2D eigenvalue weighted by Gasteiger charge is -2.13. The summed E-state index contributed by atoms with van der Waals surface area (Å²) in [6, 6.07) is 8.65. The van der Waals surface area contributed by atoms with Gasteiger partial charge in [0.05, 0.1) is 12.1 Å². The zero-order valence-corrected chi connectivity index (χ0v) is 16.4. The second kappa shape index (κ2) is 8.27. The van der Waals surface area contributed by atoms with Gasteiger partial charge in [0.15, 0.2) is 0 Å². The van der Waals surface area contributed by atoms with Crippen LogP contribution < -0.4 is 14.2 Å². The second-order valence-electron chi connectivity index (χ2n) is 5.41. The molecule has 2 aromatic rings. The Morgan fingerprint density at radius 1 is 1.04 bits per heavy atom. The van der Waals surface area contributed by atoms with Crippen molar-refractivity contribution in [2.75, 3.05) is 20.3 Å². The van der Waals surface area contributed by atoms with Crippen LogP contribution in [0.25, 0.3) is 0 Å². The first-order valence-corrected chi connectivity index (χ1v) is 9.72. The van der Waals surface area contributed by atoms with E-state index in [4.69, 9.17) is 32.7 Å². The summed E-state index contributed by atoms with van der Waals surface area (Å²) in [5.41, 5.74) is 2.05. The topological polar surface area (TPSA) is 64.6 Å². The summed E-state index contributed by atoms with van der Waals surface area (Å²) in [6.07, 6.45) is 0. The third kappa shape index (κ3) is 4.79. The molecular formula is C17H19Cl2NO4S. The van der Waals surface area contributed by atoms with Gasteiger partial charge in [-0.25, -0.2) is 13.1 Å². The molecule has 0 fully saturated rings. The lowest BCUT2D eigenvalue weighted by Crippen LogP contribution is -2.28. The average molecular weight is 404 g/mol. The molecule has 0 saturated carbocycles. The second-order valence-corrected chi connectivity index (χ2v) is 7.90. The maximum Gasteiger partial charge on any atom is 0.242 e. The molecule has 25 heavy (non-hydrogen) atoms. The lowest BCUT2D eigenvalue weighted by molar-refractivity contribution is 0.320. The predicted molar refractivity (Wildman–Crippen MR) is 99.6 cm³/mol. The Morgan fingerprint density at radius 2 is 1.76 bits per heavy atom. The summed E-state index contributed by atoms with van der Waals surface area (Å²) in [4.78, 5) is -0.105. The van der Waals surface area contributed by atoms with Crippen molar-refractivity contribution >= 4 is 33.2 Å². The summed E-state index contributed by atoms with van der Waals surface area (Å²) in [6.45, 7) is 4.17. The van der Waals surface area contributed by atoms with E-state index in [9.17, 15) is 8.42 Å². The van der Waals surface area contributed by atoms with Crippen LogP contribution in [0.3, 0.4) is 0 Å². The molecule has 0 radical (unpaired) electrons. The van der Waals surface area contributed by atoms with Gasteiger partial charge in [-0.3, -0.25) is 0 Å². The van der Waals surface area contributed by atoms with E-state index in [1.54, 1.807) is 0 Å². The molecule has 1 N–H and O–H groups in total. The number of aryl methyl sites for hydroxylation is 2. The van der Waals surface area contributed by atoms with Gasteiger partial charge in [-0.1, -0.05) is 35.3 Å². The number of hydrogen-bond acceptors (Lipinski definition) is 4. The van der Waals surface area contributed by atoms with Crippen molar-refractivity contribution in [3.63, 3.8) is 0 Å². The van der Waals surface area contributed by atoms with E-state index in [1.807, 2.05) is 32.0 Å². The molecule has 0 bridgehead atoms. The fourth-order valence-corrected chi connectivity index (χ4v) is 4.01. The summed E-state index contributed by atoms with van der Waals surface area (Å²) >= 11 is 12.1. The summed E-state index contributed by atoms with van der Waals surface area (Å²) in [7, 11) is -2.39. The van der Waals surface area contributed by atoms with Crippen LogP contribution in [0.4, 0.5) is 0 Å². The Kier molecular flexibility index (Phi) is 6.57. The molecule has 0 aliphatic rings. The van der Waals surface area contributed by atoms with E-state index in [-0.39, 0.29) is 28.1 Å². The van der Waals surface area contributed by atoms with Crippen LogP contribution in [0.2, 0.25) is 10.0 Å². The minimum atomic E-state index is -3.81. The monoisotopic (exact) mass is 403 g/mol. The maximum absolute atomic E-state index is 12.4. The zero-order valence-electron chi connectivity index (χ0n) is 14.1. The van der Waals surface area contributed by atoms with Crippen molar-refractivity contribution in [1.29, 1.82) is 0 Å². The van der Waals surface area contributed by atoms with Gasteiger partial charge < -0.3 is 9.47 Å². The van der Waals surface area contributed by atoms with Crippen molar-refractivity contribution in [2.45, 2.75) is 18.7 Å². The number of hydrogen-bond donors (Lipinski definition) is 1. The normalized spacial score (nSPS) is 11.4. The Labute approximate surface area is 157 Å². The van der Waals surface area contributed by atoms with Crippen molar-refractivity contribution < 1.29 is 17.9 Å². The Balaban J connectivity index is 2.03. The standard InChI is InChI=1S/C17H19Cl2NO4S/c1-11-4-5-12(2)14(10-11)24-9-8-20-25(21,22)15-7-6-13(23-3)16(18)17(15)19/h4-7,10,20H,8-9H2,1-3H3. The molecular weight excluding hydrogens is 385 g/mol. The first kappa shape index (κ1) is 19.8. The minimum absolute atomic E-state index is 0.0543.